The van der Waals surface area contributed by atoms with Crippen molar-refractivity contribution >= 4 is 28.8 Å². The molecule has 2 fully saturated rings. The summed E-state index contributed by atoms with van der Waals surface area (Å²) in [7, 11) is 0. The van der Waals surface area contributed by atoms with Gasteiger partial charge in [0, 0.05) is 31.0 Å². The molecule has 3 heterocycles. The van der Waals surface area contributed by atoms with Gasteiger partial charge >= 0.3 is 6.09 Å². The average Bonchev–Trinajstić information content (AvgIpc) is 2.73. The number of ether oxygens (including phenoxy) is 1. The third-order valence-electron chi connectivity index (χ3n) is 6.16. The van der Waals surface area contributed by atoms with Crippen LogP contribution in [0.4, 0.5) is 9.18 Å². The Labute approximate surface area is 191 Å². The van der Waals surface area contributed by atoms with Crippen LogP contribution in [-0.4, -0.2) is 57.8 Å². The molecule has 4 rings (SSSR count). The zero-order valence-corrected chi connectivity index (χ0v) is 18.9. The molecule has 0 spiro atoms. The Morgan fingerprint density at radius 3 is 2.73 bits per heavy atom. The minimum atomic E-state index is -1.77. The van der Waals surface area contributed by atoms with E-state index in [1.807, 2.05) is 0 Å². The molecule has 0 radical (unpaired) electrons. The van der Waals surface area contributed by atoms with Gasteiger partial charge < -0.3 is 14.7 Å². The summed E-state index contributed by atoms with van der Waals surface area (Å²) < 4.78 is 20.5. The second-order valence-electron chi connectivity index (χ2n) is 9.75. The van der Waals surface area contributed by atoms with Gasteiger partial charge in [-0.15, -0.1) is 0 Å². The highest BCUT2D eigenvalue weighted by atomic mass is 19.1. The van der Waals surface area contributed by atoms with Gasteiger partial charge in [-0.05, 0) is 56.5 Å². The maximum absolute atomic E-state index is 15.2. The number of rotatable bonds is 2. The first-order chi connectivity index (χ1) is 15.5. The average molecular weight is 458 g/mol. The smallest absolute Gasteiger partial charge is 0.410 e. The van der Waals surface area contributed by atoms with E-state index in [1.54, 1.807) is 51.2 Å². The first-order valence-corrected chi connectivity index (χ1v) is 11.0. The third-order valence-corrected chi connectivity index (χ3v) is 6.16. The fourth-order valence-electron chi connectivity index (χ4n) is 4.34. The number of alkyl halides is 1. The summed E-state index contributed by atoms with van der Waals surface area (Å²) in [5.41, 5.74) is -0.777. The molecule has 1 aromatic carbocycles. The van der Waals surface area contributed by atoms with Gasteiger partial charge in [0.2, 0.25) is 11.8 Å². The summed E-state index contributed by atoms with van der Waals surface area (Å²) in [6.07, 6.45) is -0.0421. The van der Waals surface area contributed by atoms with E-state index < -0.39 is 29.4 Å². The molecule has 2 aliphatic heterocycles. The fourth-order valence-corrected chi connectivity index (χ4v) is 4.34. The number of imide groups is 1. The predicted octanol–water partition coefficient (Wildman–Crippen LogP) is 2.92. The van der Waals surface area contributed by atoms with Crippen LogP contribution in [0.3, 0.4) is 0 Å². The van der Waals surface area contributed by atoms with Gasteiger partial charge in [0.05, 0.1) is 18.0 Å². The van der Waals surface area contributed by atoms with E-state index in [0.29, 0.717) is 28.5 Å². The molecule has 2 aliphatic rings. The van der Waals surface area contributed by atoms with Crippen molar-refractivity contribution in [3.8, 4) is 0 Å². The molecule has 0 bridgehead atoms. The molecule has 1 aromatic heterocycles. The normalized spacial score (nSPS) is 26.3. The number of amides is 3. The van der Waals surface area contributed by atoms with Crippen molar-refractivity contribution in [1.29, 1.82) is 0 Å². The fraction of sp³-hybridized carbons (Fsp3) is 0.500. The standard InChI is InChI=1S/C24H28FN3O5/c1-23(2,3)33-22(31)28-9-8-24(32,19(25)13-28)16-4-6-18-14(11-16)10-15(12-26-18)17-5-7-20(29)27-21(17)30/h4,6,10-12,17,19,32H,5,7-9,13H2,1-3H3,(H,27,29,30). The first-order valence-electron chi connectivity index (χ1n) is 11.0. The molecule has 3 amide bonds. The zero-order valence-electron chi connectivity index (χ0n) is 18.9. The van der Waals surface area contributed by atoms with Crippen LogP contribution < -0.4 is 5.32 Å². The van der Waals surface area contributed by atoms with Gasteiger partial charge in [-0.2, -0.15) is 0 Å². The molecule has 0 saturated carbocycles. The number of carbonyl (C=O) groups excluding carboxylic acids is 3. The Morgan fingerprint density at radius 1 is 1.30 bits per heavy atom. The van der Waals surface area contributed by atoms with Crippen LogP contribution in [0.1, 0.15) is 57.1 Å². The van der Waals surface area contributed by atoms with Crippen molar-refractivity contribution in [2.24, 2.45) is 0 Å². The lowest BCUT2D eigenvalue weighted by Gasteiger charge is -2.41. The Morgan fingerprint density at radius 2 is 2.06 bits per heavy atom. The molecule has 176 valence electrons. The highest BCUT2D eigenvalue weighted by Crippen LogP contribution is 2.37. The Kier molecular flexibility index (Phi) is 5.86. The summed E-state index contributed by atoms with van der Waals surface area (Å²) in [6.45, 7) is 5.09. The van der Waals surface area contributed by atoms with E-state index in [-0.39, 0.29) is 37.7 Å². The highest BCUT2D eigenvalue weighted by molar-refractivity contribution is 6.01. The number of nitrogens with zero attached hydrogens (tertiary/aromatic N) is 2. The monoisotopic (exact) mass is 457 g/mol. The van der Waals surface area contributed by atoms with Crippen LogP contribution in [0.5, 0.6) is 0 Å². The molecule has 2 aromatic rings. The van der Waals surface area contributed by atoms with E-state index in [0.717, 1.165) is 0 Å². The van der Waals surface area contributed by atoms with Crippen LogP contribution >= 0.6 is 0 Å². The largest absolute Gasteiger partial charge is 0.444 e. The van der Waals surface area contributed by atoms with E-state index in [2.05, 4.69) is 10.3 Å². The van der Waals surface area contributed by atoms with Crippen molar-refractivity contribution in [2.45, 2.75) is 63.3 Å². The summed E-state index contributed by atoms with van der Waals surface area (Å²) >= 11 is 0. The quantitative estimate of drug-likeness (QED) is 0.672. The SMILES string of the molecule is CC(C)(C)OC(=O)N1CCC(O)(c2ccc3ncc(C4CCC(=O)NC4=O)cc3c2)C(F)C1. The van der Waals surface area contributed by atoms with E-state index in [1.165, 1.54) is 4.90 Å². The lowest BCUT2D eigenvalue weighted by molar-refractivity contribution is -0.134. The second-order valence-corrected chi connectivity index (χ2v) is 9.75. The molecule has 3 unspecified atom stereocenters. The minimum Gasteiger partial charge on any atom is -0.444 e. The van der Waals surface area contributed by atoms with Crippen molar-refractivity contribution in [3.63, 3.8) is 0 Å². The highest BCUT2D eigenvalue weighted by Gasteiger charge is 2.45. The number of nitrogens with one attached hydrogen (secondary N) is 1. The van der Waals surface area contributed by atoms with Gasteiger partial charge in [-0.3, -0.25) is 19.9 Å². The number of pyridine rings is 1. The van der Waals surface area contributed by atoms with Crippen molar-refractivity contribution in [1.82, 2.24) is 15.2 Å². The molecular formula is C24H28FN3O5. The van der Waals surface area contributed by atoms with Crippen LogP contribution in [0.25, 0.3) is 10.9 Å². The number of fused-ring (bicyclic) bond motifs is 1. The first kappa shape index (κ1) is 23.1. The number of benzene rings is 1. The van der Waals surface area contributed by atoms with Crippen LogP contribution in [0.2, 0.25) is 0 Å². The Hall–Kier alpha value is -3.07. The lowest BCUT2D eigenvalue weighted by Crippen LogP contribution is -2.54. The molecular weight excluding hydrogens is 429 g/mol. The van der Waals surface area contributed by atoms with E-state index >= 15 is 4.39 Å². The Bertz CT molecular complexity index is 1110. The molecule has 33 heavy (non-hydrogen) atoms. The number of halogens is 1. The number of piperidine rings is 2. The number of carbonyl (C=O) groups is 3. The Balaban J connectivity index is 1.57. The summed E-state index contributed by atoms with van der Waals surface area (Å²) in [6, 6.07) is 6.80. The van der Waals surface area contributed by atoms with Gasteiger partial charge in [-0.25, -0.2) is 9.18 Å². The van der Waals surface area contributed by atoms with Gasteiger partial charge in [0.1, 0.15) is 11.2 Å². The van der Waals surface area contributed by atoms with Crippen molar-refractivity contribution in [3.05, 3.63) is 41.6 Å². The van der Waals surface area contributed by atoms with Gasteiger partial charge in [-0.1, -0.05) is 6.07 Å². The molecule has 2 saturated heterocycles. The maximum Gasteiger partial charge on any atom is 0.410 e. The van der Waals surface area contributed by atoms with Crippen molar-refractivity contribution in [2.75, 3.05) is 13.1 Å². The maximum atomic E-state index is 15.2. The second kappa shape index (κ2) is 8.37. The molecule has 0 aliphatic carbocycles. The summed E-state index contributed by atoms with van der Waals surface area (Å²) in [5.74, 6) is -1.14. The van der Waals surface area contributed by atoms with Crippen LogP contribution in [0.15, 0.2) is 30.5 Å². The molecule has 3 atom stereocenters. The summed E-state index contributed by atoms with van der Waals surface area (Å²) in [4.78, 5) is 41.6. The summed E-state index contributed by atoms with van der Waals surface area (Å²) in [5, 5.41) is 14.2. The number of aliphatic hydroxyl groups is 1. The number of hydrogen-bond acceptors (Lipinski definition) is 6. The molecule has 8 nitrogen and oxygen atoms in total. The van der Waals surface area contributed by atoms with Crippen LogP contribution in [-0.2, 0) is 19.9 Å². The zero-order chi connectivity index (χ0) is 24.0. The van der Waals surface area contributed by atoms with E-state index in [4.69, 9.17) is 4.74 Å². The van der Waals surface area contributed by atoms with E-state index in [9.17, 15) is 19.5 Å². The minimum absolute atomic E-state index is 0.0131. The number of hydrogen-bond donors (Lipinski definition) is 2. The lowest BCUT2D eigenvalue weighted by atomic mass is 9.82. The number of likely N-dealkylation sites (tertiary alicyclic amines) is 1. The predicted molar refractivity (Wildman–Crippen MR) is 118 cm³/mol. The van der Waals surface area contributed by atoms with Gasteiger partial charge in [0.15, 0.2) is 6.17 Å². The van der Waals surface area contributed by atoms with Crippen molar-refractivity contribution < 1.29 is 28.6 Å². The molecule has 9 heteroatoms. The topological polar surface area (TPSA) is 109 Å². The third kappa shape index (κ3) is 4.68. The van der Waals surface area contributed by atoms with Crippen LogP contribution in [0, 0.1) is 0 Å². The number of aromatic nitrogens is 1. The molecule has 2 N–H and O–H groups in total. The van der Waals surface area contributed by atoms with Gasteiger partial charge in [0.25, 0.3) is 0 Å².